The predicted octanol–water partition coefficient (Wildman–Crippen LogP) is 3.88. The van der Waals surface area contributed by atoms with E-state index in [9.17, 15) is 14.4 Å². The number of pyridine rings is 1. The highest BCUT2D eigenvalue weighted by molar-refractivity contribution is 6.05. The molecule has 2 aliphatic rings. The number of carbonyl (C=O) groups is 3. The van der Waals surface area contributed by atoms with E-state index in [4.69, 9.17) is 0 Å². The fourth-order valence-electron chi connectivity index (χ4n) is 5.00. The second-order valence-electron chi connectivity index (χ2n) is 10.1. The quantitative estimate of drug-likeness (QED) is 0.540. The zero-order chi connectivity index (χ0) is 25.4. The van der Waals surface area contributed by atoms with Gasteiger partial charge in [-0.1, -0.05) is 36.4 Å². The number of rotatable bonds is 6. The summed E-state index contributed by atoms with van der Waals surface area (Å²) in [6.07, 6.45) is 2.42. The lowest BCUT2D eigenvalue weighted by Gasteiger charge is -2.36. The van der Waals surface area contributed by atoms with Crippen molar-refractivity contribution in [3.8, 4) is 11.3 Å². The molecule has 2 aliphatic heterocycles. The number of nitrogens with one attached hydrogen (secondary N) is 1. The molecule has 0 bridgehead atoms. The summed E-state index contributed by atoms with van der Waals surface area (Å²) in [5.41, 5.74) is 5.50. The van der Waals surface area contributed by atoms with Gasteiger partial charge >= 0.3 is 0 Å². The molecule has 2 aromatic carbocycles. The molecule has 1 aromatic heterocycles. The van der Waals surface area contributed by atoms with Crippen LogP contribution in [0.4, 0.5) is 0 Å². The number of hydrogen-bond acceptors (Lipinski definition) is 5. The van der Waals surface area contributed by atoms with Crippen molar-refractivity contribution < 1.29 is 14.4 Å². The molecule has 3 amide bonds. The highest BCUT2D eigenvalue weighted by Gasteiger charge is 2.39. The number of fused-ring (bicyclic) bond motifs is 1. The van der Waals surface area contributed by atoms with E-state index < -0.39 is 11.9 Å². The van der Waals surface area contributed by atoms with Crippen molar-refractivity contribution in [3.05, 3.63) is 89.1 Å². The number of imide groups is 1. The first-order valence-electron chi connectivity index (χ1n) is 12.2. The summed E-state index contributed by atoms with van der Waals surface area (Å²) in [7, 11) is 2.12. The van der Waals surface area contributed by atoms with Crippen molar-refractivity contribution in [1.29, 1.82) is 0 Å². The van der Waals surface area contributed by atoms with E-state index in [2.05, 4.69) is 66.4 Å². The minimum Gasteiger partial charge on any atom is -0.322 e. The average molecular weight is 483 g/mol. The van der Waals surface area contributed by atoms with Crippen LogP contribution >= 0.6 is 0 Å². The Morgan fingerprint density at radius 1 is 1.06 bits per heavy atom. The number of benzene rings is 2. The smallest absolute Gasteiger partial charge is 0.255 e. The van der Waals surface area contributed by atoms with Crippen LogP contribution in [0.1, 0.15) is 53.7 Å². The number of carbonyl (C=O) groups excluding carboxylic acids is 3. The highest BCUT2D eigenvalue weighted by Crippen LogP contribution is 2.32. The Labute approximate surface area is 211 Å². The minimum absolute atomic E-state index is 0.141. The fraction of sp³-hybridized carbons (Fsp3) is 0.310. The van der Waals surface area contributed by atoms with Crippen molar-refractivity contribution in [2.24, 2.45) is 0 Å². The average Bonchev–Trinajstić information content (AvgIpc) is 3.20. The van der Waals surface area contributed by atoms with Crippen LogP contribution in [0.25, 0.3) is 11.3 Å². The van der Waals surface area contributed by atoms with Crippen LogP contribution in [0.3, 0.4) is 0 Å². The topological polar surface area (TPSA) is 82.6 Å². The SMILES string of the molecule is CN(Cc1ccnc(-c2ccc3c(c2)CN(C2CCC(=O)NC2=O)C3=O)c1)C(C)(C)c1ccccc1. The molecule has 3 aromatic rings. The van der Waals surface area contributed by atoms with Crippen LogP contribution in [0.2, 0.25) is 0 Å². The van der Waals surface area contributed by atoms with E-state index in [1.54, 1.807) is 4.90 Å². The zero-order valence-electron chi connectivity index (χ0n) is 20.8. The van der Waals surface area contributed by atoms with E-state index in [1.165, 1.54) is 5.56 Å². The van der Waals surface area contributed by atoms with Crippen LogP contribution in [0.5, 0.6) is 0 Å². The minimum atomic E-state index is -0.615. The second-order valence-corrected chi connectivity index (χ2v) is 10.1. The number of amides is 3. The highest BCUT2D eigenvalue weighted by atomic mass is 16.2. The summed E-state index contributed by atoms with van der Waals surface area (Å²) in [6.45, 7) is 5.54. The van der Waals surface area contributed by atoms with Gasteiger partial charge in [0.15, 0.2) is 0 Å². The van der Waals surface area contributed by atoms with Gasteiger partial charge in [-0.15, -0.1) is 0 Å². The van der Waals surface area contributed by atoms with Gasteiger partial charge in [-0.2, -0.15) is 0 Å². The Morgan fingerprint density at radius 2 is 1.83 bits per heavy atom. The van der Waals surface area contributed by atoms with E-state index in [0.717, 1.165) is 28.9 Å². The molecular weight excluding hydrogens is 452 g/mol. The number of piperidine rings is 1. The standard InChI is InChI=1S/C29H30N4O3/c1-29(2,22-7-5-4-6-8-22)32(3)17-19-13-14-30-24(15-19)20-9-10-23-21(16-20)18-33(28(23)36)25-11-12-26(34)31-27(25)35/h4-10,13-16,25H,11-12,17-18H2,1-3H3,(H,31,34,35). The first-order chi connectivity index (χ1) is 17.2. The van der Waals surface area contributed by atoms with Crippen molar-refractivity contribution in [1.82, 2.24) is 20.1 Å². The molecule has 0 spiro atoms. The molecule has 1 atom stereocenters. The van der Waals surface area contributed by atoms with Gasteiger partial charge in [-0.3, -0.25) is 29.6 Å². The van der Waals surface area contributed by atoms with E-state index in [0.29, 0.717) is 18.5 Å². The summed E-state index contributed by atoms with van der Waals surface area (Å²) in [5, 5.41) is 2.35. The Hall–Kier alpha value is -3.84. The van der Waals surface area contributed by atoms with Gasteiger partial charge in [0, 0.05) is 42.4 Å². The Morgan fingerprint density at radius 3 is 2.58 bits per heavy atom. The van der Waals surface area contributed by atoms with Crippen molar-refractivity contribution in [3.63, 3.8) is 0 Å². The first-order valence-corrected chi connectivity index (χ1v) is 12.2. The Bertz CT molecular complexity index is 1340. The summed E-state index contributed by atoms with van der Waals surface area (Å²) in [5.74, 6) is -0.853. The maximum Gasteiger partial charge on any atom is 0.255 e. The summed E-state index contributed by atoms with van der Waals surface area (Å²) >= 11 is 0. The molecule has 1 fully saturated rings. The van der Waals surface area contributed by atoms with Gasteiger partial charge in [0.2, 0.25) is 11.8 Å². The van der Waals surface area contributed by atoms with Crippen molar-refractivity contribution >= 4 is 17.7 Å². The van der Waals surface area contributed by atoms with E-state index in [1.807, 2.05) is 36.5 Å². The van der Waals surface area contributed by atoms with Gasteiger partial charge in [0.05, 0.1) is 5.69 Å². The van der Waals surface area contributed by atoms with Gasteiger partial charge in [-0.05, 0) is 68.3 Å². The molecular formula is C29H30N4O3. The molecule has 3 heterocycles. The third-order valence-electron chi connectivity index (χ3n) is 7.50. The lowest BCUT2D eigenvalue weighted by molar-refractivity contribution is -0.136. The Balaban J connectivity index is 1.34. The number of aromatic nitrogens is 1. The fourth-order valence-corrected chi connectivity index (χ4v) is 5.00. The molecule has 0 aliphatic carbocycles. The van der Waals surface area contributed by atoms with Crippen molar-refractivity contribution in [2.75, 3.05) is 7.05 Å². The molecule has 0 saturated carbocycles. The normalized spacial score (nSPS) is 17.9. The monoisotopic (exact) mass is 482 g/mol. The maximum atomic E-state index is 13.0. The summed E-state index contributed by atoms with van der Waals surface area (Å²) in [4.78, 5) is 45.3. The number of nitrogens with zero attached hydrogens (tertiary/aromatic N) is 3. The maximum absolute atomic E-state index is 13.0. The molecule has 7 heteroatoms. The third-order valence-corrected chi connectivity index (χ3v) is 7.50. The predicted molar refractivity (Wildman–Crippen MR) is 137 cm³/mol. The lowest BCUT2D eigenvalue weighted by atomic mass is 9.92. The molecule has 7 nitrogen and oxygen atoms in total. The van der Waals surface area contributed by atoms with Gasteiger partial charge < -0.3 is 4.90 Å². The molecule has 1 unspecified atom stereocenters. The van der Waals surface area contributed by atoms with E-state index in [-0.39, 0.29) is 23.8 Å². The largest absolute Gasteiger partial charge is 0.322 e. The van der Waals surface area contributed by atoms with Gasteiger partial charge in [0.25, 0.3) is 5.91 Å². The molecule has 1 N–H and O–H groups in total. The van der Waals surface area contributed by atoms with Crippen LogP contribution < -0.4 is 5.32 Å². The van der Waals surface area contributed by atoms with E-state index >= 15 is 0 Å². The van der Waals surface area contributed by atoms with Crippen LogP contribution in [-0.4, -0.2) is 45.6 Å². The molecule has 1 saturated heterocycles. The molecule has 184 valence electrons. The van der Waals surface area contributed by atoms with Crippen molar-refractivity contribution in [2.45, 2.75) is 51.4 Å². The molecule has 36 heavy (non-hydrogen) atoms. The zero-order valence-corrected chi connectivity index (χ0v) is 20.8. The van der Waals surface area contributed by atoms with Gasteiger partial charge in [0.1, 0.15) is 6.04 Å². The molecule has 0 radical (unpaired) electrons. The second kappa shape index (κ2) is 9.32. The lowest BCUT2D eigenvalue weighted by Crippen LogP contribution is -2.52. The first kappa shape index (κ1) is 23.9. The van der Waals surface area contributed by atoms with Crippen LogP contribution in [0, 0.1) is 0 Å². The molecule has 5 rings (SSSR count). The Kier molecular flexibility index (Phi) is 6.18. The van der Waals surface area contributed by atoms with Crippen LogP contribution in [0.15, 0.2) is 66.9 Å². The van der Waals surface area contributed by atoms with Crippen LogP contribution in [-0.2, 0) is 28.2 Å². The number of hydrogen-bond donors (Lipinski definition) is 1. The summed E-state index contributed by atoms with van der Waals surface area (Å²) in [6, 6.07) is 19.7. The summed E-state index contributed by atoms with van der Waals surface area (Å²) < 4.78 is 0. The third kappa shape index (κ3) is 4.42. The van der Waals surface area contributed by atoms with Gasteiger partial charge in [-0.25, -0.2) is 0 Å².